The Bertz CT molecular complexity index is 629. The first kappa shape index (κ1) is 17.6. The predicted molar refractivity (Wildman–Crippen MR) is 95.7 cm³/mol. The van der Waals surface area contributed by atoms with Gasteiger partial charge in [0.2, 0.25) is 0 Å². The molecule has 2 aliphatic rings. The second-order valence-electron chi connectivity index (χ2n) is 6.78. The second-order valence-corrected chi connectivity index (χ2v) is 7.17. The number of thiocarbonyl (C=S) groups is 1. The molecule has 1 aliphatic carbocycles. The summed E-state index contributed by atoms with van der Waals surface area (Å²) in [6.07, 6.45) is 7.39. The van der Waals surface area contributed by atoms with E-state index in [2.05, 4.69) is 32.7 Å². The van der Waals surface area contributed by atoms with E-state index in [1.54, 1.807) is 12.2 Å². The molecule has 4 nitrogen and oxygen atoms in total. The summed E-state index contributed by atoms with van der Waals surface area (Å²) in [6.45, 7) is 10.5. The van der Waals surface area contributed by atoms with Crippen LogP contribution in [0.4, 0.5) is 0 Å². The van der Waals surface area contributed by atoms with Crippen molar-refractivity contribution < 1.29 is 9.59 Å². The molecule has 2 rings (SSSR count). The maximum atomic E-state index is 12.5. The van der Waals surface area contributed by atoms with E-state index in [-0.39, 0.29) is 22.0 Å². The SMILES string of the molecule is C=CCN1C(=O)/C(=C\CC2=C(C)CCCC2(C)C)C(=O)NC1=S. The molecule has 1 aliphatic heterocycles. The van der Waals surface area contributed by atoms with Gasteiger partial charge in [0, 0.05) is 6.54 Å². The summed E-state index contributed by atoms with van der Waals surface area (Å²) < 4.78 is 0. The summed E-state index contributed by atoms with van der Waals surface area (Å²) in [5.74, 6) is -0.752. The Morgan fingerprint density at radius 1 is 1.39 bits per heavy atom. The molecule has 0 saturated carbocycles. The molecule has 23 heavy (non-hydrogen) atoms. The third-order valence-electron chi connectivity index (χ3n) is 4.69. The molecule has 1 N–H and O–H groups in total. The fourth-order valence-corrected chi connectivity index (χ4v) is 3.62. The van der Waals surface area contributed by atoms with Crippen molar-refractivity contribution in [2.24, 2.45) is 5.41 Å². The summed E-state index contributed by atoms with van der Waals surface area (Å²) in [5.41, 5.74) is 2.99. The fraction of sp³-hybridized carbons (Fsp3) is 0.500. The smallest absolute Gasteiger partial charge is 0.265 e. The number of rotatable bonds is 4. The lowest BCUT2D eigenvalue weighted by atomic mass is 9.71. The molecule has 0 aromatic carbocycles. The Hall–Kier alpha value is -1.75. The van der Waals surface area contributed by atoms with E-state index in [9.17, 15) is 9.59 Å². The van der Waals surface area contributed by atoms with E-state index < -0.39 is 5.91 Å². The first-order valence-electron chi connectivity index (χ1n) is 7.95. The number of carbonyl (C=O) groups excluding carboxylic acids is 2. The van der Waals surface area contributed by atoms with Gasteiger partial charge in [0.05, 0.1) is 0 Å². The monoisotopic (exact) mass is 332 g/mol. The number of carbonyl (C=O) groups is 2. The van der Waals surface area contributed by atoms with Gasteiger partial charge in [-0.1, -0.05) is 37.1 Å². The Kier molecular flexibility index (Phi) is 5.19. The molecule has 0 bridgehead atoms. The molecular weight excluding hydrogens is 308 g/mol. The van der Waals surface area contributed by atoms with Crippen molar-refractivity contribution in [3.05, 3.63) is 35.5 Å². The van der Waals surface area contributed by atoms with Crippen molar-refractivity contribution in [3.8, 4) is 0 Å². The Balaban J connectivity index is 2.27. The van der Waals surface area contributed by atoms with Crippen LogP contribution in [0.3, 0.4) is 0 Å². The highest BCUT2D eigenvalue weighted by Crippen LogP contribution is 2.42. The molecular formula is C18H24N2O2S. The molecule has 0 spiro atoms. The second kappa shape index (κ2) is 6.79. The van der Waals surface area contributed by atoms with E-state index in [0.717, 1.165) is 12.8 Å². The number of hydrogen-bond donors (Lipinski definition) is 1. The third-order valence-corrected chi connectivity index (χ3v) is 5.02. The molecule has 1 saturated heterocycles. The largest absolute Gasteiger partial charge is 0.298 e. The Morgan fingerprint density at radius 3 is 2.70 bits per heavy atom. The summed E-state index contributed by atoms with van der Waals surface area (Å²) >= 11 is 5.05. The van der Waals surface area contributed by atoms with Crippen LogP contribution in [0, 0.1) is 5.41 Å². The Labute approximate surface area is 143 Å². The van der Waals surface area contributed by atoms with Gasteiger partial charge in [0.15, 0.2) is 5.11 Å². The number of amides is 2. The van der Waals surface area contributed by atoms with Crippen molar-refractivity contribution in [1.82, 2.24) is 10.2 Å². The van der Waals surface area contributed by atoms with Crippen molar-refractivity contribution >= 4 is 29.1 Å². The van der Waals surface area contributed by atoms with Crippen LogP contribution in [-0.4, -0.2) is 28.4 Å². The van der Waals surface area contributed by atoms with Crippen LogP contribution in [-0.2, 0) is 9.59 Å². The van der Waals surface area contributed by atoms with E-state index in [0.29, 0.717) is 13.0 Å². The topological polar surface area (TPSA) is 49.4 Å². The zero-order chi connectivity index (χ0) is 17.2. The molecule has 1 heterocycles. The van der Waals surface area contributed by atoms with Gasteiger partial charge in [-0.3, -0.25) is 19.8 Å². The van der Waals surface area contributed by atoms with Gasteiger partial charge >= 0.3 is 0 Å². The number of nitrogens with one attached hydrogen (secondary N) is 1. The van der Waals surface area contributed by atoms with Crippen LogP contribution in [0.1, 0.15) is 46.5 Å². The minimum atomic E-state index is -0.410. The standard InChI is InChI=1S/C18H24N2O2S/c1-5-11-20-16(22)13(15(21)19-17(20)23)8-9-14-12(2)7-6-10-18(14,3)4/h5,8H,1,6-7,9-11H2,2-4H3,(H,19,21,23)/b13-8-. The summed E-state index contributed by atoms with van der Waals surface area (Å²) in [4.78, 5) is 26.0. The summed E-state index contributed by atoms with van der Waals surface area (Å²) in [5, 5.41) is 2.72. The lowest BCUT2D eigenvalue weighted by Crippen LogP contribution is -2.53. The van der Waals surface area contributed by atoms with Gasteiger partial charge in [0.25, 0.3) is 11.8 Å². The molecule has 0 atom stereocenters. The quantitative estimate of drug-likeness (QED) is 0.372. The van der Waals surface area contributed by atoms with Gasteiger partial charge < -0.3 is 0 Å². The van der Waals surface area contributed by atoms with Crippen molar-refractivity contribution in [2.75, 3.05) is 6.54 Å². The average Bonchev–Trinajstić information content (AvgIpc) is 2.45. The van der Waals surface area contributed by atoms with Crippen LogP contribution in [0.2, 0.25) is 0 Å². The van der Waals surface area contributed by atoms with E-state index in [4.69, 9.17) is 12.2 Å². The predicted octanol–water partition coefficient (Wildman–Crippen LogP) is 3.26. The molecule has 5 heteroatoms. The zero-order valence-electron chi connectivity index (χ0n) is 14.1. The summed E-state index contributed by atoms with van der Waals surface area (Å²) in [6, 6.07) is 0. The molecule has 0 radical (unpaired) electrons. The minimum absolute atomic E-state index is 0.115. The van der Waals surface area contributed by atoms with E-state index >= 15 is 0 Å². The van der Waals surface area contributed by atoms with Gasteiger partial charge in [0.1, 0.15) is 5.57 Å². The average molecular weight is 332 g/mol. The highest BCUT2D eigenvalue weighted by atomic mass is 32.1. The van der Waals surface area contributed by atoms with Crippen LogP contribution in [0.15, 0.2) is 35.5 Å². The number of allylic oxidation sites excluding steroid dienone is 3. The fourth-order valence-electron chi connectivity index (χ4n) is 3.37. The molecule has 0 aromatic heterocycles. The van der Waals surface area contributed by atoms with Crippen LogP contribution in [0.5, 0.6) is 0 Å². The molecule has 0 unspecified atom stereocenters. The first-order valence-corrected chi connectivity index (χ1v) is 8.36. The number of hydrogen-bond acceptors (Lipinski definition) is 3. The zero-order valence-corrected chi connectivity index (χ0v) is 14.9. The van der Waals surface area contributed by atoms with Gasteiger partial charge in [-0.05, 0) is 50.2 Å². The van der Waals surface area contributed by atoms with Crippen molar-refractivity contribution in [1.29, 1.82) is 0 Å². The minimum Gasteiger partial charge on any atom is -0.298 e. The van der Waals surface area contributed by atoms with E-state index in [1.807, 2.05) is 0 Å². The third kappa shape index (κ3) is 3.61. The van der Waals surface area contributed by atoms with Gasteiger partial charge in [-0.25, -0.2) is 0 Å². The summed E-state index contributed by atoms with van der Waals surface area (Å²) in [7, 11) is 0. The highest BCUT2D eigenvalue weighted by Gasteiger charge is 2.33. The normalized spacial score (nSPS) is 23.3. The van der Waals surface area contributed by atoms with Crippen molar-refractivity contribution in [3.63, 3.8) is 0 Å². The maximum Gasteiger partial charge on any atom is 0.265 e. The van der Waals surface area contributed by atoms with Gasteiger partial charge in [-0.2, -0.15) is 0 Å². The van der Waals surface area contributed by atoms with Crippen LogP contribution >= 0.6 is 12.2 Å². The highest BCUT2D eigenvalue weighted by molar-refractivity contribution is 7.80. The maximum absolute atomic E-state index is 12.5. The van der Waals surface area contributed by atoms with Crippen LogP contribution in [0.25, 0.3) is 0 Å². The number of nitrogens with zero attached hydrogens (tertiary/aromatic N) is 1. The molecule has 124 valence electrons. The lowest BCUT2D eigenvalue weighted by Gasteiger charge is -2.34. The molecule has 1 fully saturated rings. The molecule has 0 aromatic rings. The Morgan fingerprint density at radius 2 is 2.09 bits per heavy atom. The first-order chi connectivity index (χ1) is 10.8. The van der Waals surface area contributed by atoms with Gasteiger partial charge in [-0.15, -0.1) is 6.58 Å². The molecule has 2 amide bonds. The van der Waals surface area contributed by atoms with Crippen LogP contribution < -0.4 is 5.32 Å². The van der Waals surface area contributed by atoms with Crippen molar-refractivity contribution in [2.45, 2.75) is 46.5 Å². The van der Waals surface area contributed by atoms with E-state index in [1.165, 1.54) is 22.5 Å². The lowest BCUT2D eigenvalue weighted by molar-refractivity contribution is -0.128.